The third kappa shape index (κ3) is 12.7. The Morgan fingerprint density at radius 3 is 1.67 bits per heavy atom. The number of fused-ring (bicyclic) bond motifs is 1. The van der Waals surface area contributed by atoms with E-state index in [4.69, 9.17) is 9.47 Å². The maximum Gasteiger partial charge on any atom is 0.328 e. The highest BCUT2D eigenvalue weighted by Gasteiger charge is 2.42. The standard InChI is InChI=1S/C47H51N7O10/c1-28(2)24-36(53-44(59)40(50-32-20-22-33(63-4)23-21-32)54-45(60)34-18-12-13-19-35(34)46(54)61)43(58)52-37(25-30-14-8-6-9-15-30)42(57)49-29(3)41(56)48-27-39(55)51-38(47(62)64-5)26-31-16-10-7-11-17-31/h6-23,28-29,36-38H,24-27H2,1-5H3,(H,48,56)(H,49,57)(H,51,55)(H,52,58)(H,53,59)/t29-,36-,37-,38-/m0/s1. The lowest BCUT2D eigenvalue weighted by Gasteiger charge is -2.26. The van der Waals surface area contributed by atoms with E-state index in [0.29, 0.717) is 16.2 Å². The Hall–Kier alpha value is -7.69. The summed E-state index contributed by atoms with van der Waals surface area (Å²) in [4.78, 5) is 113. The number of esters is 1. The van der Waals surface area contributed by atoms with Gasteiger partial charge in [-0.25, -0.2) is 14.7 Å². The molecule has 64 heavy (non-hydrogen) atoms. The predicted molar refractivity (Wildman–Crippen MR) is 235 cm³/mol. The zero-order valence-electron chi connectivity index (χ0n) is 36.1. The second-order valence-corrected chi connectivity index (χ2v) is 15.3. The molecule has 0 saturated heterocycles. The molecule has 4 atom stereocenters. The topological polar surface area (TPSA) is 231 Å². The third-order valence-electron chi connectivity index (χ3n) is 10.0. The van der Waals surface area contributed by atoms with Crippen molar-refractivity contribution in [2.24, 2.45) is 10.9 Å². The van der Waals surface area contributed by atoms with Crippen molar-refractivity contribution in [1.29, 1.82) is 0 Å². The van der Waals surface area contributed by atoms with E-state index >= 15 is 0 Å². The molecule has 17 nitrogen and oxygen atoms in total. The van der Waals surface area contributed by atoms with Crippen molar-refractivity contribution in [2.75, 3.05) is 20.8 Å². The van der Waals surface area contributed by atoms with Crippen LogP contribution in [0, 0.1) is 5.92 Å². The Kier molecular flexibility index (Phi) is 16.6. The number of methoxy groups -OCH3 is 2. The van der Waals surface area contributed by atoms with Crippen molar-refractivity contribution in [1.82, 2.24) is 31.5 Å². The number of hydrogen-bond donors (Lipinski definition) is 5. The van der Waals surface area contributed by atoms with Gasteiger partial charge >= 0.3 is 5.97 Å². The second-order valence-electron chi connectivity index (χ2n) is 15.3. The Bertz CT molecular complexity index is 2340. The van der Waals surface area contributed by atoms with Gasteiger partial charge in [-0.1, -0.05) is 86.6 Å². The predicted octanol–water partition coefficient (Wildman–Crippen LogP) is 2.80. The van der Waals surface area contributed by atoms with Gasteiger partial charge in [0.25, 0.3) is 17.7 Å². The van der Waals surface area contributed by atoms with E-state index in [9.17, 15) is 38.4 Å². The van der Waals surface area contributed by atoms with Crippen LogP contribution in [0.2, 0.25) is 0 Å². The number of benzene rings is 4. The molecule has 1 heterocycles. The third-order valence-corrected chi connectivity index (χ3v) is 10.0. The number of amidine groups is 1. The second kappa shape index (κ2) is 22.4. The SMILES string of the molecule is COC(=O)[C@H](Cc1ccccc1)NC(=O)CNC(=O)[C@H](C)NC(=O)[C@H](Cc1ccccc1)NC(=O)[C@H](CC(C)C)NC(=O)C(=Nc1ccc(OC)cc1)N1C(=O)c2ccccc2C1=O. The molecule has 0 aromatic heterocycles. The molecular weight excluding hydrogens is 823 g/mol. The van der Waals surface area contributed by atoms with Gasteiger partial charge in [0.1, 0.15) is 29.9 Å². The number of ether oxygens (including phenoxy) is 2. The Morgan fingerprint density at radius 2 is 1.14 bits per heavy atom. The maximum atomic E-state index is 14.3. The lowest BCUT2D eigenvalue weighted by Crippen LogP contribution is -2.58. The van der Waals surface area contributed by atoms with Crippen LogP contribution in [0.15, 0.2) is 114 Å². The molecule has 5 N–H and O–H groups in total. The van der Waals surface area contributed by atoms with Gasteiger partial charge in [0.2, 0.25) is 29.5 Å². The summed E-state index contributed by atoms with van der Waals surface area (Å²) in [6, 6.07) is 25.3. The molecule has 0 bridgehead atoms. The van der Waals surface area contributed by atoms with E-state index in [-0.39, 0.29) is 42.0 Å². The first-order valence-electron chi connectivity index (χ1n) is 20.5. The van der Waals surface area contributed by atoms with Crippen molar-refractivity contribution >= 4 is 58.8 Å². The highest BCUT2D eigenvalue weighted by atomic mass is 16.5. The average molecular weight is 874 g/mol. The van der Waals surface area contributed by atoms with Crippen molar-refractivity contribution in [3.63, 3.8) is 0 Å². The molecule has 7 amide bonds. The summed E-state index contributed by atoms with van der Waals surface area (Å²) in [6.07, 6.45) is 0.201. The first-order valence-corrected chi connectivity index (χ1v) is 20.5. The maximum absolute atomic E-state index is 14.3. The van der Waals surface area contributed by atoms with E-state index in [1.165, 1.54) is 45.4 Å². The summed E-state index contributed by atoms with van der Waals surface area (Å²) in [6.45, 7) is 4.50. The van der Waals surface area contributed by atoms with Crippen LogP contribution < -0.4 is 31.3 Å². The van der Waals surface area contributed by atoms with Gasteiger partial charge in [0.05, 0.1) is 37.6 Å². The van der Waals surface area contributed by atoms with Gasteiger partial charge in [-0.05, 0) is 66.8 Å². The summed E-state index contributed by atoms with van der Waals surface area (Å²) in [5.74, 6) is -6.43. The molecule has 0 radical (unpaired) electrons. The molecule has 4 aromatic rings. The minimum Gasteiger partial charge on any atom is -0.497 e. The molecule has 0 spiro atoms. The largest absolute Gasteiger partial charge is 0.497 e. The summed E-state index contributed by atoms with van der Waals surface area (Å²) in [5.41, 5.74) is 1.80. The first kappa shape index (κ1) is 47.4. The highest BCUT2D eigenvalue weighted by molar-refractivity contribution is 6.48. The van der Waals surface area contributed by atoms with E-state index in [1.807, 2.05) is 19.9 Å². The van der Waals surface area contributed by atoms with Crippen LogP contribution in [0.4, 0.5) is 5.69 Å². The van der Waals surface area contributed by atoms with Crippen LogP contribution in [0.3, 0.4) is 0 Å². The zero-order valence-corrected chi connectivity index (χ0v) is 36.1. The first-order chi connectivity index (χ1) is 30.7. The minimum atomic E-state index is -1.30. The van der Waals surface area contributed by atoms with E-state index in [1.54, 1.807) is 78.9 Å². The molecule has 1 aliphatic rings. The Morgan fingerprint density at radius 1 is 0.609 bits per heavy atom. The van der Waals surface area contributed by atoms with Gasteiger partial charge in [-0.2, -0.15) is 0 Å². The summed E-state index contributed by atoms with van der Waals surface area (Å²) in [5, 5.41) is 13.0. The molecule has 0 unspecified atom stereocenters. The van der Waals surface area contributed by atoms with Crippen LogP contribution in [-0.4, -0.2) is 103 Å². The average Bonchev–Trinajstić information content (AvgIpc) is 3.54. The smallest absolute Gasteiger partial charge is 0.328 e. The number of rotatable bonds is 18. The number of amides is 7. The van der Waals surface area contributed by atoms with Crippen molar-refractivity contribution in [2.45, 2.75) is 64.2 Å². The normalized spacial score (nSPS) is 14.0. The van der Waals surface area contributed by atoms with E-state index in [2.05, 4.69) is 31.6 Å². The molecule has 5 rings (SSSR count). The minimum absolute atomic E-state index is 0.0208. The summed E-state index contributed by atoms with van der Waals surface area (Å²) in [7, 11) is 2.67. The van der Waals surface area contributed by atoms with Gasteiger partial charge < -0.3 is 36.1 Å². The number of nitrogens with one attached hydrogen (secondary N) is 5. The van der Waals surface area contributed by atoms with Gasteiger partial charge in [-0.3, -0.25) is 33.6 Å². The number of hydrogen-bond acceptors (Lipinski definition) is 11. The Balaban J connectivity index is 1.31. The molecule has 17 heteroatoms. The Labute approximate surface area is 370 Å². The van der Waals surface area contributed by atoms with Crippen LogP contribution in [0.5, 0.6) is 5.75 Å². The molecule has 0 fully saturated rings. The summed E-state index contributed by atoms with van der Waals surface area (Å²) >= 11 is 0. The van der Waals surface area contributed by atoms with E-state index in [0.717, 1.165) is 5.56 Å². The molecular formula is C47H51N7O10. The van der Waals surface area contributed by atoms with Crippen LogP contribution in [-0.2, 0) is 46.3 Å². The van der Waals surface area contributed by atoms with Crippen molar-refractivity contribution in [3.05, 3.63) is 131 Å². The number of carbonyl (C=O) groups is 8. The number of nitrogens with zero attached hydrogens (tertiary/aromatic N) is 2. The highest BCUT2D eigenvalue weighted by Crippen LogP contribution is 2.25. The van der Waals surface area contributed by atoms with Crippen LogP contribution in [0.1, 0.15) is 59.0 Å². The molecule has 334 valence electrons. The fourth-order valence-electron chi connectivity index (χ4n) is 6.75. The lowest BCUT2D eigenvalue weighted by molar-refractivity contribution is -0.145. The number of carbonyl (C=O) groups excluding carboxylic acids is 8. The lowest BCUT2D eigenvalue weighted by atomic mass is 10.0. The monoisotopic (exact) mass is 873 g/mol. The van der Waals surface area contributed by atoms with Gasteiger partial charge in [0, 0.05) is 12.8 Å². The van der Waals surface area contributed by atoms with Gasteiger partial charge in [0.15, 0.2) is 0 Å². The molecule has 4 aromatic carbocycles. The molecule has 0 aliphatic carbocycles. The fourth-order valence-corrected chi connectivity index (χ4v) is 6.75. The van der Waals surface area contributed by atoms with E-state index < -0.39 is 83.9 Å². The van der Waals surface area contributed by atoms with Crippen molar-refractivity contribution < 1.29 is 47.8 Å². The molecule has 1 aliphatic heterocycles. The van der Waals surface area contributed by atoms with Crippen LogP contribution >= 0.6 is 0 Å². The quantitative estimate of drug-likeness (QED) is 0.0425. The van der Waals surface area contributed by atoms with Crippen LogP contribution in [0.25, 0.3) is 0 Å². The summed E-state index contributed by atoms with van der Waals surface area (Å²) < 4.78 is 10.1. The zero-order chi connectivity index (χ0) is 46.3. The van der Waals surface area contributed by atoms with Gasteiger partial charge in [-0.15, -0.1) is 0 Å². The fraction of sp³-hybridized carbons (Fsp3) is 0.298. The van der Waals surface area contributed by atoms with Crippen molar-refractivity contribution in [3.8, 4) is 5.75 Å². The number of aliphatic imine (C=N–C) groups is 1. The molecule has 0 saturated carbocycles. The number of imide groups is 1.